The van der Waals surface area contributed by atoms with E-state index in [0.29, 0.717) is 0 Å². The van der Waals surface area contributed by atoms with Gasteiger partial charge >= 0.3 is 5.97 Å². The smallest absolute Gasteiger partial charge is 0.332 e. The molecule has 1 rings (SSSR count). The Morgan fingerprint density at radius 2 is 1.60 bits per heavy atom. The standard InChI is InChI=1S/C6H14N2.C3H6O3.Pt/c7-3-5-1-2-6(5)4-8;1-2(4)3(5)6;/h5-6H,1-4,7-8H2;2,4H,1H3,(H,5,6);. The molecule has 0 aliphatic heterocycles. The van der Waals surface area contributed by atoms with E-state index in [4.69, 9.17) is 21.7 Å². The molecule has 0 aromatic heterocycles. The maximum Gasteiger partial charge on any atom is 0.332 e. The number of hydrogen-bond donors (Lipinski definition) is 4. The molecule has 0 bridgehead atoms. The Morgan fingerprint density at radius 1 is 1.33 bits per heavy atom. The molecule has 3 atom stereocenters. The number of aliphatic hydroxyl groups excluding tert-OH is 1. The molecule has 0 amide bonds. The molecule has 1 aliphatic carbocycles. The SMILES string of the molecule is CC(O)C(=O)O.NCC1CCC1CN.[Pt]. The van der Waals surface area contributed by atoms with Crippen molar-refractivity contribution in [1.82, 2.24) is 0 Å². The van der Waals surface area contributed by atoms with Crippen molar-refractivity contribution in [3.8, 4) is 0 Å². The van der Waals surface area contributed by atoms with Gasteiger partial charge in [-0.15, -0.1) is 0 Å². The Hall–Kier alpha value is 0.0383. The largest absolute Gasteiger partial charge is 0.479 e. The van der Waals surface area contributed by atoms with E-state index in [1.807, 2.05) is 0 Å². The van der Waals surface area contributed by atoms with E-state index in [-0.39, 0.29) is 21.1 Å². The van der Waals surface area contributed by atoms with Crippen LogP contribution in [0.4, 0.5) is 0 Å². The summed E-state index contributed by atoms with van der Waals surface area (Å²) in [5.74, 6) is 0.315. The van der Waals surface area contributed by atoms with Crippen LogP contribution in [0.15, 0.2) is 0 Å². The molecule has 0 aromatic rings. The molecule has 0 aromatic carbocycles. The fourth-order valence-electron chi connectivity index (χ4n) is 1.26. The Balaban J connectivity index is 0. The second kappa shape index (κ2) is 9.28. The third kappa shape index (κ3) is 7.01. The van der Waals surface area contributed by atoms with Gasteiger partial charge in [0.2, 0.25) is 0 Å². The monoisotopic (exact) mass is 399 g/mol. The first-order chi connectivity index (χ1) is 6.52. The van der Waals surface area contributed by atoms with Crippen LogP contribution in [0.1, 0.15) is 19.8 Å². The molecular formula is C9H20N2O3Pt. The van der Waals surface area contributed by atoms with Crippen LogP contribution in [0.25, 0.3) is 0 Å². The molecule has 0 heterocycles. The van der Waals surface area contributed by atoms with Gasteiger partial charge in [-0.1, -0.05) is 0 Å². The maximum atomic E-state index is 9.45. The summed E-state index contributed by atoms with van der Waals surface area (Å²) < 4.78 is 0. The van der Waals surface area contributed by atoms with Gasteiger partial charge in [-0.3, -0.25) is 0 Å². The number of rotatable bonds is 3. The van der Waals surface area contributed by atoms with Crippen molar-refractivity contribution < 1.29 is 36.1 Å². The summed E-state index contributed by atoms with van der Waals surface area (Å²) in [4.78, 5) is 9.45. The van der Waals surface area contributed by atoms with Crippen molar-refractivity contribution in [2.45, 2.75) is 25.9 Å². The number of nitrogens with two attached hydrogens (primary N) is 2. The first-order valence-corrected chi connectivity index (χ1v) is 4.83. The van der Waals surface area contributed by atoms with Crippen molar-refractivity contribution in [1.29, 1.82) is 0 Å². The van der Waals surface area contributed by atoms with Crippen LogP contribution >= 0.6 is 0 Å². The second-order valence-electron chi connectivity index (χ2n) is 3.58. The van der Waals surface area contributed by atoms with Crippen LogP contribution in [-0.4, -0.2) is 35.4 Å². The first kappa shape index (κ1) is 17.4. The molecule has 1 fully saturated rings. The Bertz CT molecular complexity index is 165. The fourth-order valence-corrected chi connectivity index (χ4v) is 1.26. The van der Waals surface area contributed by atoms with Crippen LogP contribution in [0.3, 0.4) is 0 Å². The van der Waals surface area contributed by atoms with Gasteiger partial charge in [0.1, 0.15) is 6.10 Å². The molecule has 1 saturated carbocycles. The number of aliphatic hydroxyl groups is 1. The summed E-state index contributed by atoms with van der Waals surface area (Å²) in [5.41, 5.74) is 10.9. The molecule has 0 radical (unpaired) electrons. The zero-order valence-electron chi connectivity index (χ0n) is 8.83. The topological polar surface area (TPSA) is 110 Å². The van der Waals surface area contributed by atoms with Crippen molar-refractivity contribution >= 4 is 5.97 Å². The summed E-state index contributed by atoms with van der Waals surface area (Å²) in [7, 11) is 0. The van der Waals surface area contributed by atoms with Gasteiger partial charge in [-0.05, 0) is 44.7 Å². The first-order valence-electron chi connectivity index (χ1n) is 4.83. The van der Waals surface area contributed by atoms with E-state index < -0.39 is 12.1 Å². The Labute approximate surface area is 104 Å². The predicted octanol–water partition coefficient (Wildman–Crippen LogP) is -0.621. The number of carbonyl (C=O) groups is 1. The number of aliphatic carboxylic acids is 1. The van der Waals surface area contributed by atoms with E-state index in [1.165, 1.54) is 19.8 Å². The van der Waals surface area contributed by atoms with Crippen LogP contribution in [0, 0.1) is 11.8 Å². The average Bonchev–Trinajstić information content (AvgIpc) is 2.05. The predicted molar refractivity (Wildman–Crippen MR) is 53.6 cm³/mol. The Kier molecular flexibility index (Phi) is 10.8. The zero-order valence-corrected chi connectivity index (χ0v) is 11.1. The molecule has 5 nitrogen and oxygen atoms in total. The second-order valence-corrected chi connectivity index (χ2v) is 3.58. The molecule has 15 heavy (non-hydrogen) atoms. The van der Waals surface area contributed by atoms with Crippen LogP contribution in [0.2, 0.25) is 0 Å². The van der Waals surface area contributed by atoms with Crippen LogP contribution < -0.4 is 11.5 Å². The molecule has 6 N–H and O–H groups in total. The number of hydrogen-bond acceptors (Lipinski definition) is 4. The van der Waals surface area contributed by atoms with Crippen molar-refractivity contribution in [2.75, 3.05) is 13.1 Å². The summed E-state index contributed by atoms with van der Waals surface area (Å²) >= 11 is 0. The summed E-state index contributed by atoms with van der Waals surface area (Å²) in [5, 5.41) is 15.8. The maximum absolute atomic E-state index is 9.45. The van der Waals surface area contributed by atoms with E-state index >= 15 is 0 Å². The van der Waals surface area contributed by atoms with Crippen LogP contribution in [0.5, 0.6) is 0 Å². The van der Waals surface area contributed by atoms with Crippen LogP contribution in [-0.2, 0) is 25.9 Å². The number of carboxylic acids is 1. The normalized spacial score (nSPS) is 25.1. The third-order valence-electron chi connectivity index (χ3n) is 2.54. The van der Waals surface area contributed by atoms with Gasteiger partial charge in [-0.2, -0.15) is 0 Å². The van der Waals surface area contributed by atoms with Gasteiger partial charge in [0.15, 0.2) is 0 Å². The van der Waals surface area contributed by atoms with Gasteiger partial charge in [0.05, 0.1) is 0 Å². The molecule has 6 heteroatoms. The van der Waals surface area contributed by atoms with E-state index in [0.717, 1.165) is 24.9 Å². The van der Waals surface area contributed by atoms with E-state index in [9.17, 15) is 4.79 Å². The van der Waals surface area contributed by atoms with Crippen molar-refractivity contribution in [3.63, 3.8) is 0 Å². The van der Waals surface area contributed by atoms with Gasteiger partial charge < -0.3 is 21.7 Å². The molecule has 94 valence electrons. The van der Waals surface area contributed by atoms with Crippen molar-refractivity contribution in [3.05, 3.63) is 0 Å². The van der Waals surface area contributed by atoms with E-state index in [1.54, 1.807) is 0 Å². The molecule has 3 unspecified atom stereocenters. The molecule has 0 spiro atoms. The quantitative estimate of drug-likeness (QED) is 0.506. The Morgan fingerprint density at radius 3 is 1.67 bits per heavy atom. The summed E-state index contributed by atoms with van der Waals surface area (Å²) in [6.07, 6.45) is 1.38. The van der Waals surface area contributed by atoms with E-state index in [2.05, 4.69) is 0 Å². The van der Waals surface area contributed by atoms with Gasteiger partial charge in [0.25, 0.3) is 0 Å². The minimum Gasteiger partial charge on any atom is -0.479 e. The number of carboxylic acid groups (broad SMARTS) is 1. The minimum atomic E-state index is -1.23. The fraction of sp³-hybridized carbons (Fsp3) is 0.889. The average molecular weight is 399 g/mol. The zero-order chi connectivity index (χ0) is 11.1. The third-order valence-corrected chi connectivity index (χ3v) is 2.54. The summed E-state index contributed by atoms with van der Waals surface area (Å²) in [6.45, 7) is 2.87. The minimum absolute atomic E-state index is 0. The molecule has 1 aliphatic rings. The van der Waals surface area contributed by atoms with Crippen molar-refractivity contribution in [2.24, 2.45) is 23.3 Å². The van der Waals surface area contributed by atoms with Gasteiger partial charge in [0, 0.05) is 21.1 Å². The molecular weight excluding hydrogens is 379 g/mol. The molecule has 0 saturated heterocycles. The van der Waals surface area contributed by atoms with Gasteiger partial charge in [-0.25, -0.2) is 4.79 Å². The summed E-state index contributed by atoms with van der Waals surface area (Å²) in [6, 6.07) is 0.